The van der Waals surface area contributed by atoms with E-state index in [1.807, 2.05) is 6.07 Å². The van der Waals surface area contributed by atoms with Crippen molar-refractivity contribution < 1.29 is 9.18 Å². The van der Waals surface area contributed by atoms with E-state index in [9.17, 15) is 9.18 Å². The maximum Gasteiger partial charge on any atom is 0.272 e. The van der Waals surface area contributed by atoms with Crippen LogP contribution < -0.4 is 5.32 Å². The molecule has 1 atom stereocenters. The van der Waals surface area contributed by atoms with Crippen LogP contribution in [0.5, 0.6) is 0 Å². The Balaban J connectivity index is 1.48. The molecule has 0 aliphatic heterocycles. The van der Waals surface area contributed by atoms with E-state index in [4.69, 9.17) is 0 Å². The molecule has 1 aromatic carbocycles. The third-order valence-corrected chi connectivity index (χ3v) is 6.06. The van der Waals surface area contributed by atoms with Gasteiger partial charge in [-0.25, -0.2) is 9.07 Å². The molecule has 0 fully saturated rings. The molecule has 150 valence electrons. The molecule has 1 amide bonds. The van der Waals surface area contributed by atoms with Gasteiger partial charge in [0, 0.05) is 16.8 Å². The Morgan fingerprint density at radius 3 is 3.03 bits per heavy atom. The fourth-order valence-electron chi connectivity index (χ4n) is 4.74. The van der Waals surface area contributed by atoms with Crippen LogP contribution in [0.2, 0.25) is 0 Å². The highest BCUT2D eigenvalue weighted by Gasteiger charge is 2.37. The molecule has 0 saturated heterocycles. The lowest BCUT2D eigenvalue weighted by Crippen LogP contribution is -2.37. The number of amides is 1. The quantitative estimate of drug-likeness (QED) is 0.713. The highest BCUT2D eigenvalue weighted by molar-refractivity contribution is 5.94. The summed E-state index contributed by atoms with van der Waals surface area (Å²) in [6, 6.07) is 6.28. The summed E-state index contributed by atoms with van der Waals surface area (Å²) in [6.07, 6.45) is 6.33. The molecule has 3 aromatic rings. The highest BCUT2D eigenvalue weighted by atomic mass is 19.1. The fraction of sp³-hybridized carbons (Fsp3) is 0.409. The molecule has 7 heteroatoms. The van der Waals surface area contributed by atoms with Gasteiger partial charge in [0.2, 0.25) is 0 Å². The number of nitrogens with one attached hydrogen (secondary N) is 2. The Kier molecular flexibility index (Phi) is 4.08. The number of aryl methyl sites for hydroxylation is 1. The number of carbonyl (C=O) groups excluding carboxylic acids is 1. The second kappa shape index (κ2) is 6.54. The second-order valence-corrected chi connectivity index (χ2v) is 8.89. The van der Waals surface area contributed by atoms with Gasteiger partial charge in [-0.2, -0.15) is 10.2 Å². The molecular formula is C22H24FN5O. The van der Waals surface area contributed by atoms with E-state index in [0.717, 1.165) is 54.6 Å². The van der Waals surface area contributed by atoms with Gasteiger partial charge in [-0.3, -0.25) is 9.89 Å². The summed E-state index contributed by atoms with van der Waals surface area (Å²) < 4.78 is 15.5. The molecule has 0 radical (unpaired) electrons. The van der Waals surface area contributed by atoms with E-state index in [0.29, 0.717) is 11.4 Å². The number of fused-ring (bicyclic) bond motifs is 2. The van der Waals surface area contributed by atoms with E-state index in [1.54, 1.807) is 16.9 Å². The molecular weight excluding hydrogens is 369 g/mol. The van der Waals surface area contributed by atoms with Crippen molar-refractivity contribution in [2.75, 3.05) is 0 Å². The normalized spacial score (nSPS) is 19.6. The van der Waals surface area contributed by atoms with Crippen LogP contribution in [0.15, 0.2) is 30.5 Å². The number of halogens is 1. The van der Waals surface area contributed by atoms with Crippen molar-refractivity contribution in [3.63, 3.8) is 0 Å². The molecule has 6 nitrogen and oxygen atoms in total. The van der Waals surface area contributed by atoms with Crippen molar-refractivity contribution >= 4 is 5.91 Å². The predicted octanol–water partition coefficient (Wildman–Crippen LogP) is 3.67. The molecule has 2 aromatic heterocycles. The summed E-state index contributed by atoms with van der Waals surface area (Å²) in [6.45, 7) is 4.37. The van der Waals surface area contributed by atoms with E-state index in [1.165, 1.54) is 12.1 Å². The summed E-state index contributed by atoms with van der Waals surface area (Å²) in [4.78, 5) is 13.0. The van der Waals surface area contributed by atoms with Crippen LogP contribution in [0, 0.1) is 11.2 Å². The Hall–Kier alpha value is -2.96. The number of H-pyrrole nitrogens is 1. The predicted molar refractivity (Wildman–Crippen MR) is 106 cm³/mol. The Bertz CT molecular complexity index is 1100. The zero-order valence-electron chi connectivity index (χ0n) is 16.6. The Labute approximate surface area is 168 Å². The van der Waals surface area contributed by atoms with Crippen LogP contribution in [-0.4, -0.2) is 25.9 Å². The number of hydrogen-bond acceptors (Lipinski definition) is 3. The van der Waals surface area contributed by atoms with Crippen molar-refractivity contribution in [2.45, 2.75) is 52.0 Å². The lowest BCUT2D eigenvalue weighted by atomic mass is 9.74. The van der Waals surface area contributed by atoms with E-state index < -0.39 is 0 Å². The molecule has 5 rings (SSSR count). The van der Waals surface area contributed by atoms with Crippen LogP contribution in [0.1, 0.15) is 65.7 Å². The summed E-state index contributed by atoms with van der Waals surface area (Å²) in [7, 11) is 0. The maximum absolute atomic E-state index is 13.8. The van der Waals surface area contributed by atoms with E-state index in [2.05, 4.69) is 34.5 Å². The van der Waals surface area contributed by atoms with Crippen molar-refractivity contribution in [1.82, 2.24) is 25.3 Å². The average molecular weight is 393 g/mol. The zero-order chi connectivity index (χ0) is 20.2. The first-order valence-corrected chi connectivity index (χ1v) is 10.1. The van der Waals surface area contributed by atoms with Gasteiger partial charge < -0.3 is 5.32 Å². The number of aromatic nitrogens is 4. The van der Waals surface area contributed by atoms with Gasteiger partial charge in [-0.1, -0.05) is 19.9 Å². The zero-order valence-corrected chi connectivity index (χ0v) is 16.6. The first-order valence-electron chi connectivity index (χ1n) is 10.1. The molecule has 2 heterocycles. The fourth-order valence-corrected chi connectivity index (χ4v) is 4.74. The lowest BCUT2D eigenvalue weighted by molar-refractivity contribution is 0.0913. The number of hydrogen-bond donors (Lipinski definition) is 2. The van der Waals surface area contributed by atoms with Crippen LogP contribution in [0.25, 0.3) is 5.69 Å². The average Bonchev–Trinajstić information content (AvgIpc) is 3.35. The number of carbonyl (C=O) groups is 1. The van der Waals surface area contributed by atoms with Crippen LogP contribution in [0.3, 0.4) is 0 Å². The summed E-state index contributed by atoms with van der Waals surface area (Å²) >= 11 is 0. The molecule has 29 heavy (non-hydrogen) atoms. The van der Waals surface area contributed by atoms with Gasteiger partial charge in [-0.05, 0) is 55.7 Å². The first kappa shape index (κ1) is 18.1. The monoisotopic (exact) mass is 393 g/mol. The van der Waals surface area contributed by atoms with Crippen molar-refractivity contribution in [1.29, 1.82) is 0 Å². The van der Waals surface area contributed by atoms with E-state index >= 15 is 0 Å². The Morgan fingerprint density at radius 1 is 1.34 bits per heavy atom. The largest absolute Gasteiger partial charge is 0.344 e. The van der Waals surface area contributed by atoms with Crippen LogP contribution in [0.4, 0.5) is 4.39 Å². The topological polar surface area (TPSA) is 75.6 Å². The van der Waals surface area contributed by atoms with Crippen LogP contribution in [-0.2, 0) is 19.3 Å². The van der Waals surface area contributed by atoms with Crippen molar-refractivity contribution in [2.24, 2.45) is 5.41 Å². The minimum absolute atomic E-state index is 0.0242. The second-order valence-electron chi connectivity index (χ2n) is 8.89. The molecule has 0 bridgehead atoms. The maximum atomic E-state index is 13.8. The number of rotatable bonds is 3. The van der Waals surface area contributed by atoms with Crippen molar-refractivity contribution in [3.8, 4) is 5.69 Å². The van der Waals surface area contributed by atoms with E-state index in [-0.39, 0.29) is 23.2 Å². The third kappa shape index (κ3) is 3.14. The number of aromatic amines is 1. The van der Waals surface area contributed by atoms with Gasteiger partial charge in [0.25, 0.3) is 5.91 Å². The standard InChI is InChI=1S/C22H24FN5O/c1-22(2)10-18(25-21(29)20-15-7-4-8-17(15)26-27-20)16-12-24-28(19(16)11-22)14-6-3-5-13(23)9-14/h3,5-6,9,12,18H,4,7-8,10-11H2,1-2H3,(H,25,29)(H,26,27)/t18-/m0/s1. The molecule has 2 N–H and O–H groups in total. The minimum Gasteiger partial charge on any atom is -0.344 e. The minimum atomic E-state index is -0.293. The van der Waals surface area contributed by atoms with Gasteiger partial charge >= 0.3 is 0 Å². The van der Waals surface area contributed by atoms with Gasteiger partial charge in [0.05, 0.1) is 23.6 Å². The summed E-state index contributed by atoms with van der Waals surface area (Å²) in [5, 5.41) is 15.0. The molecule has 2 aliphatic carbocycles. The van der Waals surface area contributed by atoms with Gasteiger partial charge in [0.1, 0.15) is 5.82 Å². The molecule has 0 unspecified atom stereocenters. The summed E-state index contributed by atoms with van der Waals surface area (Å²) in [5.74, 6) is -0.435. The van der Waals surface area contributed by atoms with Gasteiger partial charge in [-0.15, -0.1) is 0 Å². The lowest BCUT2D eigenvalue weighted by Gasteiger charge is -2.35. The number of nitrogens with zero attached hydrogens (tertiary/aromatic N) is 3. The Morgan fingerprint density at radius 2 is 2.21 bits per heavy atom. The molecule has 2 aliphatic rings. The van der Waals surface area contributed by atoms with Crippen molar-refractivity contribution in [3.05, 3.63) is 64.5 Å². The van der Waals surface area contributed by atoms with Gasteiger partial charge in [0.15, 0.2) is 5.69 Å². The number of benzene rings is 1. The smallest absolute Gasteiger partial charge is 0.272 e. The third-order valence-electron chi connectivity index (χ3n) is 6.06. The molecule has 0 saturated carbocycles. The summed E-state index contributed by atoms with van der Waals surface area (Å²) in [5.41, 5.74) is 5.33. The SMILES string of the molecule is CC1(C)Cc2c(cnn2-c2cccc(F)c2)[C@@H](NC(=O)c2n[nH]c3c2CCC3)C1. The highest BCUT2D eigenvalue weighted by Crippen LogP contribution is 2.41. The molecule has 0 spiro atoms. The first-order chi connectivity index (χ1) is 13.9. The van der Waals surface area contributed by atoms with Crippen LogP contribution >= 0.6 is 0 Å².